The van der Waals surface area contributed by atoms with Gasteiger partial charge in [0.1, 0.15) is 5.78 Å². The zero-order valence-corrected chi connectivity index (χ0v) is 18.7. The highest BCUT2D eigenvalue weighted by molar-refractivity contribution is 7.92. The third-order valence-corrected chi connectivity index (χ3v) is 7.18. The minimum Gasteiger partial charge on any atom is -0.385 e. The van der Waals surface area contributed by atoms with E-state index < -0.39 is 10.0 Å². The van der Waals surface area contributed by atoms with Gasteiger partial charge >= 0.3 is 0 Å². The van der Waals surface area contributed by atoms with Gasteiger partial charge < -0.3 is 16.0 Å². The Balaban J connectivity index is 1.67. The van der Waals surface area contributed by atoms with Crippen LogP contribution < -0.4 is 20.3 Å². The standard InChI is InChI=1S/C21H32N4O4S/c1-14-8-16(14)13-24-18-9-15(10-19(11-18)25(2)30(3,28)29)21(27)23-6-4-17-12-20(26)5-7-22-17/h9-11,14,16-17,22,24H,4-8,12-13H2,1-3H3,(H,23,27)/t14?,16?,17-/m0/s1. The summed E-state index contributed by atoms with van der Waals surface area (Å²) in [5.74, 6) is 1.30. The quantitative estimate of drug-likeness (QED) is 0.543. The molecule has 1 aliphatic carbocycles. The Labute approximate surface area is 178 Å². The van der Waals surface area contributed by atoms with Gasteiger partial charge in [0.2, 0.25) is 10.0 Å². The fourth-order valence-electron chi connectivity index (χ4n) is 3.68. The van der Waals surface area contributed by atoms with Crippen molar-refractivity contribution in [1.82, 2.24) is 10.6 Å². The van der Waals surface area contributed by atoms with Gasteiger partial charge in [-0.3, -0.25) is 13.9 Å². The first-order valence-corrected chi connectivity index (χ1v) is 12.3. The molecule has 0 aromatic heterocycles. The molecule has 2 aliphatic rings. The number of hydrogen-bond donors (Lipinski definition) is 3. The van der Waals surface area contributed by atoms with Crippen molar-refractivity contribution in [2.24, 2.45) is 11.8 Å². The molecule has 1 saturated heterocycles. The molecule has 8 nitrogen and oxygen atoms in total. The number of carbonyl (C=O) groups is 2. The van der Waals surface area contributed by atoms with Crippen molar-refractivity contribution in [2.75, 3.05) is 42.6 Å². The lowest BCUT2D eigenvalue weighted by atomic mass is 10.0. The maximum absolute atomic E-state index is 12.7. The first kappa shape index (κ1) is 22.6. The highest BCUT2D eigenvalue weighted by atomic mass is 32.2. The van der Waals surface area contributed by atoms with Gasteiger partial charge in [-0.2, -0.15) is 0 Å². The van der Waals surface area contributed by atoms with E-state index in [2.05, 4.69) is 22.9 Å². The van der Waals surface area contributed by atoms with Crippen LogP contribution in [0.15, 0.2) is 18.2 Å². The van der Waals surface area contributed by atoms with Gasteiger partial charge in [0.15, 0.2) is 0 Å². The molecule has 30 heavy (non-hydrogen) atoms. The second-order valence-electron chi connectivity index (χ2n) is 8.54. The summed E-state index contributed by atoms with van der Waals surface area (Å²) in [4.78, 5) is 24.3. The van der Waals surface area contributed by atoms with Gasteiger partial charge in [-0.25, -0.2) is 8.42 Å². The molecular weight excluding hydrogens is 404 g/mol. The molecule has 1 aliphatic heterocycles. The van der Waals surface area contributed by atoms with Crippen molar-refractivity contribution >= 4 is 33.1 Å². The van der Waals surface area contributed by atoms with Crippen molar-refractivity contribution in [2.45, 2.75) is 38.6 Å². The maximum atomic E-state index is 12.7. The number of nitrogens with one attached hydrogen (secondary N) is 3. The molecule has 1 aromatic carbocycles. The fraction of sp³-hybridized carbons (Fsp3) is 0.619. The summed E-state index contributed by atoms with van der Waals surface area (Å²) >= 11 is 0. The number of sulfonamides is 1. The third-order valence-electron chi connectivity index (χ3n) is 5.97. The van der Waals surface area contributed by atoms with Gasteiger partial charge in [0.05, 0.1) is 11.9 Å². The van der Waals surface area contributed by atoms with E-state index in [9.17, 15) is 18.0 Å². The Kier molecular flexibility index (Phi) is 7.02. The minimum absolute atomic E-state index is 0.0898. The Morgan fingerprint density at radius 3 is 2.67 bits per heavy atom. The monoisotopic (exact) mass is 436 g/mol. The number of Topliss-reactive ketones (excluding diaryl/α,β-unsaturated/α-hetero) is 1. The molecule has 9 heteroatoms. The number of rotatable bonds is 9. The smallest absolute Gasteiger partial charge is 0.251 e. The van der Waals surface area contributed by atoms with Crippen molar-refractivity contribution in [3.63, 3.8) is 0 Å². The molecule has 3 rings (SSSR count). The average molecular weight is 437 g/mol. The van der Waals surface area contributed by atoms with Crippen LogP contribution in [0.5, 0.6) is 0 Å². The Morgan fingerprint density at radius 2 is 2.03 bits per heavy atom. The summed E-state index contributed by atoms with van der Waals surface area (Å²) in [6.45, 7) is 4.13. The lowest BCUT2D eigenvalue weighted by Crippen LogP contribution is -2.40. The number of anilines is 2. The SMILES string of the molecule is CC1CC1CNc1cc(C(=O)NCC[C@H]2CC(=O)CCN2)cc(N(C)S(C)(=O)=O)c1. The molecule has 0 radical (unpaired) electrons. The van der Waals surface area contributed by atoms with Crippen molar-refractivity contribution in [3.8, 4) is 0 Å². The van der Waals surface area contributed by atoms with Crippen LogP contribution >= 0.6 is 0 Å². The van der Waals surface area contributed by atoms with Gasteiger partial charge in [0.25, 0.3) is 5.91 Å². The summed E-state index contributed by atoms with van der Waals surface area (Å²) in [5, 5.41) is 9.53. The zero-order chi connectivity index (χ0) is 21.9. The van der Waals surface area contributed by atoms with E-state index in [0.29, 0.717) is 55.4 Å². The van der Waals surface area contributed by atoms with Crippen LogP contribution in [0.25, 0.3) is 0 Å². The van der Waals surface area contributed by atoms with Gasteiger partial charge in [0, 0.05) is 56.8 Å². The first-order valence-electron chi connectivity index (χ1n) is 10.5. The summed E-state index contributed by atoms with van der Waals surface area (Å²) in [5.41, 5.74) is 1.57. The van der Waals surface area contributed by atoms with E-state index >= 15 is 0 Å². The van der Waals surface area contributed by atoms with Crippen LogP contribution in [0.4, 0.5) is 11.4 Å². The van der Waals surface area contributed by atoms with E-state index in [-0.39, 0.29) is 17.7 Å². The van der Waals surface area contributed by atoms with Crippen LogP contribution in [-0.2, 0) is 14.8 Å². The Bertz CT molecular complexity index is 902. The topological polar surface area (TPSA) is 108 Å². The highest BCUT2D eigenvalue weighted by Gasteiger charge is 2.32. The molecule has 2 fully saturated rings. The predicted molar refractivity (Wildman–Crippen MR) is 118 cm³/mol. The molecule has 0 spiro atoms. The number of nitrogens with zero attached hydrogens (tertiary/aromatic N) is 1. The molecule has 1 heterocycles. The molecule has 1 amide bonds. The number of benzene rings is 1. The van der Waals surface area contributed by atoms with Gasteiger partial charge in [-0.15, -0.1) is 0 Å². The molecule has 1 aromatic rings. The fourth-order valence-corrected chi connectivity index (χ4v) is 4.17. The van der Waals surface area contributed by atoms with Gasteiger partial charge in [-0.05, 0) is 42.9 Å². The maximum Gasteiger partial charge on any atom is 0.251 e. The Morgan fingerprint density at radius 1 is 1.30 bits per heavy atom. The minimum atomic E-state index is -3.45. The van der Waals surface area contributed by atoms with Crippen molar-refractivity contribution < 1.29 is 18.0 Å². The van der Waals surface area contributed by atoms with E-state index in [0.717, 1.165) is 18.5 Å². The largest absolute Gasteiger partial charge is 0.385 e. The van der Waals surface area contributed by atoms with Crippen LogP contribution in [0.3, 0.4) is 0 Å². The van der Waals surface area contributed by atoms with E-state index in [1.54, 1.807) is 18.2 Å². The molecule has 3 N–H and O–H groups in total. The number of hydrogen-bond acceptors (Lipinski definition) is 6. The van der Waals surface area contributed by atoms with Crippen LogP contribution in [0.2, 0.25) is 0 Å². The summed E-state index contributed by atoms with van der Waals surface area (Å²) in [7, 11) is -1.97. The zero-order valence-electron chi connectivity index (χ0n) is 17.9. The summed E-state index contributed by atoms with van der Waals surface area (Å²) in [6, 6.07) is 5.18. The van der Waals surface area contributed by atoms with Crippen LogP contribution in [-0.4, -0.2) is 59.1 Å². The molecular formula is C21H32N4O4S. The average Bonchev–Trinajstić information content (AvgIpc) is 3.40. The number of amides is 1. The summed E-state index contributed by atoms with van der Waals surface area (Å²) < 4.78 is 25.1. The van der Waals surface area contributed by atoms with E-state index in [1.807, 2.05) is 0 Å². The molecule has 2 unspecified atom stereocenters. The lowest BCUT2D eigenvalue weighted by Gasteiger charge is -2.22. The first-order chi connectivity index (χ1) is 14.1. The second kappa shape index (κ2) is 9.34. The number of ketones is 1. The molecule has 3 atom stereocenters. The van der Waals surface area contributed by atoms with E-state index in [1.165, 1.54) is 17.8 Å². The number of piperidine rings is 1. The van der Waals surface area contributed by atoms with Crippen LogP contribution in [0.1, 0.15) is 43.0 Å². The van der Waals surface area contributed by atoms with Crippen molar-refractivity contribution in [1.29, 1.82) is 0 Å². The van der Waals surface area contributed by atoms with Gasteiger partial charge in [-0.1, -0.05) is 6.92 Å². The van der Waals surface area contributed by atoms with Crippen molar-refractivity contribution in [3.05, 3.63) is 23.8 Å². The second-order valence-corrected chi connectivity index (χ2v) is 10.6. The predicted octanol–water partition coefficient (Wildman–Crippen LogP) is 1.59. The molecule has 166 valence electrons. The summed E-state index contributed by atoms with van der Waals surface area (Å²) in [6.07, 6.45) is 4.06. The van der Waals surface area contributed by atoms with Crippen LogP contribution in [0, 0.1) is 11.8 Å². The third kappa shape index (κ3) is 6.18. The molecule has 1 saturated carbocycles. The highest BCUT2D eigenvalue weighted by Crippen LogP contribution is 2.37. The lowest BCUT2D eigenvalue weighted by molar-refractivity contribution is -0.120. The number of carbonyl (C=O) groups excluding carboxylic acids is 2. The Hall–Kier alpha value is -2.13. The van der Waals surface area contributed by atoms with E-state index in [4.69, 9.17) is 0 Å². The normalized spacial score (nSPS) is 23.7. The molecule has 0 bridgehead atoms.